The lowest BCUT2D eigenvalue weighted by atomic mass is 9.46. The molecule has 3 rings (SSSR count). The number of fused-ring (bicyclic) bond motifs is 3. The Balaban J connectivity index is 2.43. The number of esters is 1. The van der Waals surface area contributed by atoms with Crippen molar-refractivity contribution in [3.63, 3.8) is 0 Å². The average Bonchev–Trinajstić information content (AvgIpc) is 2.25. The number of Topliss-reactive ketones (excluding diaryl/α,β-unsaturated/α-hetero) is 1. The van der Waals surface area contributed by atoms with E-state index in [0.29, 0.717) is 13.0 Å². The monoisotopic (exact) mass is 236 g/mol. The Kier molecular flexibility index (Phi) is 2.68. The standard InChI is InChI=1S/C14H20O3/c1-5-17-12(16)14(4)9(2)10-6-7-13(14,3)8-11(10)15/h10H,2,5-8H2,1,3-4H3/t10-,13-,14+/m0/s1. The van der Waals surface area contributed by atoms with Gasteiger partial charge in [0.2, 0.25) is 0 Å². The van der Waals surface area contributed by atoms with Crippen molar-refractivity contribution < 1.29 is 14.3 Å². The van der Waals surface area contributed by atoms with Crippen molar-refractivity contribution in [1.29, 1.82) is 0 Å². The van der Waals surface area contributed by atoms with Gasteiger partial charge in [-0.25, -0.2) is 0 Å². The third kappa shape index (κ3) is 1.41. The zero-order chi connectivity index (χ0) is 12.8. The summed E-state index contributed by atoms with van der Waals surface area (Å²) in [5.74, 6) is -0.110. The number of hydrogen-bond donors (Lipinski definition) is 0. The Morgan fingerprint density at radius 3 is 2.65 bits per heavy atom. The molecule has 17 heavy (non-hydrogen) atoms. The van der Waals surface area contributed by atoms with Crippen LogP contribution < -0.4 is 0 Å². The van der Waals surface area contributed by atoms with Crippen LogP contribution in [-0.2, 0) is 14.3 Å². The van der Waals surface area contributed by atoms with Crippen molar-refractivity contribution in [2.45, 2.75) is 40.0 Å². The molecule has 2 bridgehead atoms. The molecule has 0 unspecified atom stereocenters. The fraction of sp³-hybridized carbons (Fsp3) is 0.714. The molecule has 0 spiro atoms. The average molecular weight is 236 g/mol. The Morgan fingerprint density at radius 1 is 1.53 bits per heavy atom. The van der Waals surface area contributed by atoms with Gasteiger partial charge in [-0.2, -0.15) is 0 Å². The van der Waals surface area contributed by atoms with Crippen LogP contribution in [-0.4, -0.2) is 18.4 Å². The lowest BCUT2D eigenvalue weighted by molar-refractivity contribution is -0.167. The van der Waals surface area contributed by atoms with Gasteiger partial charge in [0.1, 0.15) is 5.78 Å². The largest absolute Gasteiger partial charge is 0.465 e. The van der Waals surface area contributed by atoms with Gasteiger partial charge in [-0.15, -0.1) is 0 Å². The highest BCUT2D eigenvalue weighted by Crippen LogP contribution is 2.61. The molecule has 0 radical (unpaired) electrons. The molecule has 3 aliphatic rings. The maximum absolute atomic E-state index is 12.2. The van der Waals surface area contributed by atoms with Gasteiger partial charge in [0, 0.05) is 12.3 Å². The van der Waals surface area contributed by atoms with Crippen LogP contribution in [0.4, 0.5) is 0 Å². The van der Waals surface area contributed by atoms with Crippen molar-refractivity contribution in [3.05, 3.63) is 12.2 Å². The van der Waals surface area contributed by atoms with Gasteiger partial charge in [-0.1, -0.05) is 13.5 Å². The third-order valence-electron chi connectivity index (χ3n) is 4.89. The maximum Gasteiger partial charge on any atom is 0.316 e. The number of hydrogen-bond acceptors (Lipinski definition) is 3. The summed E-state index contributed by atoms with van der Waals surface area (Å²) in [5.41, 5.74) is -0.247. The second-order valence-corrected chi connectivity index (χ2v) is 5.67. The number of ketones is 1. The first kappa shape index (κ1) is 12.3. The van der Waals surface area contributed by atoms with Gasteiger partial charge >= 0.3 is 5.97 Å². The van der Waals surface area contributed by atoms with Crippen LogP contribution in [0.1, 0.15) is 40.0 Å². The van der Waals surface area contributed by atoms with Crippen LogP contribution in [0, 0.1) is 16.7 Å². The van der Waals surface area contributed by atoms with Crippen molar-refractivity contribution in [1.82, 2.24) is 0 Å². The second-order valence-electron chi connectivity index (χ2n) is 5.67. The molecule has 3 fully saturated rings. The lowest BCUT2D eigenvalue weighted by Gasteiger charge is -2.55. The first-order chi connectivity index (χ1) is 7.87. The molecule has 0 N–H and O–H groups in total. The van der Waals surface area contributed by atoms with E-state index < -0.39 is 5.41 Å². The molecule has 0 amide bonds. The minimum atomic E-state index is -0.695. The first-order valence-corrected chi connectivity index (χ1v) is 6.26. The minimum absolute atomic E-state index is 0.133. The van der Waals surface area contributed by atoms with E-state index in [4.69, 9.17) is 4.74 Å². The van der Waals surface area contributed by atoms with Crippen molar-refractivity contribution >= 4 is 11.8 Å². The van der Waals surface area contributed by atoms with Crippen molar-refractivity contribution in [2.75, 3.05) is 6.61 Å². The summed E-state index contributed by atoms with van der Waals surface area (Å²) < 4.78 is 5.20. The summed E-state index contributed by atoms with van der Waals surface area (Å²) >= 11 is 0. The predicted molar refractivity (Wildman–Crippen MR) is 64.3 cm³/mol. The molecular formula is C14H20O3. The molecular weight excluding hydrogens is 216 g/mol. The molecule has 3 aliphatic carbocycles. The zero-order valence-corrected chi connectivity index (χ0v) is 10.8. The molecule has 0 aliphatic heterocycles. The third-order valence-corrected chi connectivity index (χ3v) is 4.89. The number of ether oxygens (including phenoxy) is 1. The van der Waals surface area contributed by atoms with E-state index in [2.05, 4.69) is 6.58 Å². The Hall–Kier alpha value is -1.12. The highest BCUT2D eigenvalue weighted by Gasteiger charge is 2.62. The highest BCUT2D eigenvalue weighted by atomic mass is 16.5. The Morgan fingerprint density at radius 2 is 2.18 bits per heavy atom. The minimum Gasteiger partial charge on any atom is -0.465 e. The quantitative estimate of drug-likeness (QED) is 0.546. The summed E-state index contributed by atoms with van der Waals surface area (Å²) in [6, 6.07) is 0. The molecule has 3 saturated carbocycles. The Labute approximate surface area is 102 Å². The smallest absolute Gasteiger partial charge is 0.316 e. The number of rotatable bonds is 2. The highest BCUT2D eigenvalue weighted by molar-refractivity contribution is 5.93. The van der Waals surface area contributed by atoms with E-state index >= 15 is 0 Å². The lowest BCUT2D eigenvalue weighted by Crippen LogP contribution is -2.57. The molecule has 0 saturated heterocycles. The second kappa shape index (κ2) is 3.69. The number of carbonyl (C=O) groups excluding carboxylic acids is 2. The summed E-state index contributed by atoms with van der Waals surface area (Å²) in [6.45, 7) is 10.1. The summed E-state index contributed by atoms with van der Waals surface area (Å²) in [5, 5.41) is 0. The summed E-state index contributed by atoms with van der Waals surface area (Å²) in [7, 11) is 0. The first-order valence-electron chi connectivity index (χ1n) is 6.26. The fourth-order valence-electron chi connectivity index (χ4n) is 3.40. The summed E-state index contributed by atoms with van der Waals surface area (Å²) in [4.78, 5) is 24.2. The van der Waals surface area contributed by atoms with E-state index in [1.807, 2.05) is 13.8 Å². The molecule has 94 valence electrons. The molecule has 0 aromatic heterocycles. The van der Waals surface area contributed by atoms with Gasteiger partial charge < -0.3 is 4.74 Å². The van der Waals surface area contributed by atoms with Crippen LogP contribution in [0.2, 0.25) is 0 Å². The fourth-order valence-corrected chi connectivity index (χ4v) is 3.40. The van der Waals surface area contributed by atoms with E-state index in [0.717, 1.165) is 18.4 Å². The van der Waals surface area contributed by atoms with Crippen LogP contribution in [0.25, 0.3) is 0 Å². The normalized spacial score (nSPS) is 40.5. The van der Waals surface area contributed by atoms with E-state index in [-0.39, 0.29) is 23.1 Å². The van der Waals surface area contributed by atoms with Gasteiger partial charge in [0.25, 0.3) is 0 Å². The van der Waals surface area contributed by atoms with Gasteiger partial charge in [-0.05, 0) is 37.7 Å². The van der Waals surface area contributed by atoms with Crippen LogP contribution in [0.3, 0.4) is 0 Å². The molecule has 3 atom stereocenters. The van der Waals surface area contributed by atoms with Gasteiger partial charge in [0.05, 0.1) is 12.0 Å². The summed E-state index contributed by atoms with van der Waals surface area (Å²) in [6.07, 6.45) is 2.22. The zero-order valence-electron chi connectivity index (χ0n) is 10.8. The van der Waals surface area contributed by atoms with Crippen molar-refractivity contribution in [3.8, 4) is 0 Å². The van der Waals surface area contributed by atoms with Crippen LogP contribution in [0.5, 0.6) is 0 Å². The predicted octanol–water partition coefficient (Wildman–Crippen LogP) is 2.50. The molecule has 3 heteroatoms. The maximum atomic E-state index is 12.2. The van der Waals surface area contributed by atoms with E-state index in [1.165, 1.54) is 0 Å². The van der Waals surface area contributed by atoms with E-state index in [9.17, 15) is 9.59 Å². The molecule has 0 aromatic rings. The SMILES string of the molecule is C=C1[C@@H]2CC[C@@](C)(CC2=O)[C@@]1(C)C(=O)OCC. The van der Waals surface area contributed by atoms with Crippen molar-refractivity contribution in [2.24, 2.45) is 16.7 Å². The molecule has 0 aromatic carbocycles. The van der Waals surface area contributed by atoms with Gasteiger partial charge in [-0.3, -0.25) is 9.59 Å². The van der Waals surface area contributed by atoms with E-state index in [1.54, 1.807) is 6.92 Å². The van der Waals surface area contributed by atoms with Gasteiger partial charge in [0.15, 0.2) is 0 Å². The Bertz CT molecular complexity index is 398. The van der Waals surface area contributed by atoms with Crippen LogP contribution >= 0.6 is 0 Å². The van der Waals surface area contributed by atoms with Crippen LogP contribution in [0.15, 0.2) is 12.2 Å². The number of carbonyl (C=O) groups is 2. The molecule has 0 heterocycles. The topological polar surface area (TPSA) is 43.4 Å². The molecule has 3 nitrogen and oxygen atoms in total.